The van der Waals surface area contributed by atoms with Gasteiger partial charge in [0, 0.05) is 25.8 Å². The van der Waals surface area contributed by atoms with Crippen molar-refractivity contribution in [3.05, 3.63) is 53.7 Å². The van der Waals surface area contributed by atoms with Crippen molar-refractivity contribution in [1.29, 1.82) is 0 Å². The molecular weight excluding hydrogens is 262 g/mol. The highest BCUT2D eigenvalue weighted by Crippen LogP contribution is 2.14. The number of hydrogen-bond acceptors (Lipinski definition) is 4. The Balaban J connectivity index is 1.94. The van der Waals surface area contributed by atoms with E-state index in [0.29, 0.717) is 0 Å². The number of hydrogen-bond donors (Lipinski definition) is 1. The standard InChI is InChI=1S/C17H23N3O/c1-4-18-17-11-15(9-10-19-17)13-20(2)12-14-5-7-16(21-3)8-6-14/h5-11H,4,12-13H2,1-3H3,(H,18,19). The molecule has 0 saturated carbocycles. The summed E-state index contributed by atoms with van der Waals surface area (Å²) in [6.45, 7) is 4.76. The third-order valence-electron chi connectivity index (χ3n) is 3.25. The molecule has 1 N–H and O–H groups in total. The lowest BCUT2D eigenvalue weighted by molar-refractivity contribution is 0.319. The van der Waals surface area contributed by atoms with E-state index in [2.05, 4.69) is 53.4 Å². The van der Waals surface area contributed by atoms with Gasteiger partial charge >= 0.3 is 0 Å². The van der Waals surface area contributed by atoms with E-state index < -0.39 is 0 Å². The third-order valence-corrected chi connectivity index (χ3v) is 3.25. The summed E-state index contributed by atoms with van der Waals surface area (Å²) in [5, 5.41) is 3.24. The van der Waals surface area contributed by atoms with Gasteiger partial charge in [-0.15, -0.1) is 0 Å². The third kappa shape index (κ3) is 4.76. The molecule has 21 heavy (non-hydrogen) atoms. The summed E-state index contributed by atoms with van der Waals surface area (Å²) in [6.07, 6.45) is 1.86. The maximum atomic E-state index is 5.18. The second kappa shape index (κ2) is 7.64. The largest absolute Gasteiger partial charge is 0.497 e. The summed E-state index contributed by atoms with van der Waals surface area (Å²) in [4.78, 5) is 6.58. The van der Waals surface area contributed by atoms with Gasteiger partial charge in [0.15, 0.2) is 0 Å². The monoisotopic (exact) mass is 285 g/mol. The van der Waals surface area contributed by atoms with Gasteiger partial charge in [-0.25, -0.2) is 4.98 Å². The molecule has 4 heteroatoms. The van der Waals surface area contributed by atoms with Crippen LogP contribution in [0.4, 0.5) is 5.82 Å². The minimum Gasteiger partial charge on any atom is -0.497 e. The van der Waals surface area contributed by atoms with Crippen molar-refractivity contribution in [2.24, 2.45) is 0 Å². The topological polar surface area (TPSA) is 37.4 Å². The van der Waals surface area contributed by atoms with Crippen molar-refractivity contribution in [3.8, 4) is 5.75 Å². The maximum absolute atomic E-state index is 5.18. The molecule has 0 amide bonds. The van der Waals surface area contributed by atoms with E-state index in [4.69, 9.17) is 4.74 Å². The SMILES string of the molecule is CCNc1cc(CN(C)Cc2ccc(OC)cc2)ccn1. The summed E-state index contributed by atoms with van der Waals surface area (Å²) in [5.41, 5.74) is 2.54. The van der Waals surface area contributed by atoms with Gasteiger partial charge < -0.3 is 10.1 Å². The first-order valence-corrected chi connectivity index (χ1v) is 7.21. The molecule has 0 aliphatic rings. The molecule has 0 fully saturated rings. The first-order valence-electron chi connectivity index (χ1n) is 7.21. The number of ether oxygens (including phenoxy) is 1. The average molecular weight is 285 g/mol. The lowest BCUT2D eigenvalue weighted by Gasteiger charge is -2.17. The highest BCUT2D eigenvalue weighted by atomic mass is 16.5. The van der Waals surface area contributed by atoms with E-state index >= 15 is 0 Å². The lowest BCUT2D eigenvalue weighted by Crippen LogP contribution is -2.17. The number of nitrogens with one attached hydrogen (secondary N) is 1. The van der Waals surface area contributed by atoms with E-state index in [0.717, 1.165) is 31.2 Å². The van der Waals surface area contributed by atoms with Crippen molar-refractivity contribution in [2.75, 3.05) is 26.0 Å². The van der Waals surface area contributed by atoms with Crippen LogP contribution in [0.2, 0.25) is 0 Å². The normalized spacial score (nSPS) is 10.7. The highest BCUT2D eigenvalue weighted by molar-refractivity contribution is 5.37. The van der Waals surface area contributed by atoms with Crippen LogP contribution in [0.25, 0.3) is 0 Å². The summed E-state index contributed by atoms with van der Waals surface area (Å²) in [7, 11) is 3.81. The van der Waals surface area contributed by atoms with Crippen molar-refractivity contribution in [2.45, 2.75) is 20.0 Å². The van der Waals surface area contributed by atoms with Crippen LogP contribution >= 0.6 is 0 Å². The summed E-state index contributed by atoms with van der Waals surface area (Å²) in [6, 6.07) is 12.4. The Morgan fingerprint density at radius 2 is 1.81 bits per heavy atom. The van der Waals surface area contributed by atoms with Gasteiger partial charge in [-0.3, -0.25) is 4.90 Å². The molecule has 112 valence electrons. The molecule has 2 aromatic rings. The fourth-order valence-corrected chi connectivity index (χ4v) is 2.26. The van der Waals surface area contributed by atoms with Gasteiger partial charge in [-0.1, -0.05) is 12.1 Å². The van der Waals surface area contributed by atoms with Crippen molar-refractivity contribution in [3.63, 3.8) is 0 Å². The second-order valence-electron chi connectivity index (χ2n) is 5.10. The van der Waals surface area contributed by atoms with Gasteiger partial charge in [0.1, 0.15) is 11.6 Å². The Labute approximate surface area is 126 Å². The number of benzene rings is 1. The molecule has 0 radical (unpaired) electrons. The van der Waals surface area contributed by atoms with Crippen LogP contribution in [0.1, 0.15) is 18.1 Å². The number of nitrogens with zero attached hydrogens (tertiary/aromatic N) is 2. The Hall–Kier alpha value is -2.07. The Morgan fingerprint density at radius 3 is 2.48 bits per heavy atom. The molecule has 0 saturated heterocycles. The molecule has 4 nitrogen and oxygen atoms in total. The minimum absolute atomic E-state index is 0.887. The van der Waals surface area contributed by atoms with Crippen LogP contribution in [-0.4, -0.2) is 30.6 Å². The molecule has 1 heterocycles. The molecular formula is C17H23N3O. The van der Waals surface area contributed by atoms with Crippen molar-refractivity contribution >= 4 is 5.82 Å². The van der Waals surface area contributed by atoms with Crippen LogP contribution in [0, 0.1) is 0 Å². The number of pyridine rings is 1. The molecule has 0 aliphatic carbocycles. The van der Waals surface area contributed by atoms with Crippen molar-refractivity contribution in [1.82, 2.24) is 9.88 Å². The van der Waals surface area contributed by atoms with E-state index in [-0.39, 0.29) is 0 Å². The molecule has 0 bridgehead atoms. The number of aromatic nitrogens is 1. The van der Waals surface area contributed by atoms with Gasteiger partial charge in [0.2, 0.25) is 0 Å². The minimum atomic E-state index is 0.887. The molecule has 0 spiro atoms. The second-order valence-corrected chi connectivity index (χ2v) is 5.10. The zero-order chi connectivity index (χ0) is 15.1. The predicted octanol–water partition coefficient (Wildman–Crippen LogP) is 3.15. The molecule has 1 aromatic carbocycles. The Morgan fingerprint density at radius 1 is 1.10 bits per heavy atom. The van der Waals surface area contributed by atoms with E-state index in [1.54, 1.807) is 7.11 Å². The summed E-state index contributed by atoms with van der Waals surface area (Å²) in [5.74, 6) is 1.83. The predicted molar refractivity (Wildman–Crippen MR) is 86.6 cm³/mol. The van der Waals surface area contributed by atoms with Gasteiger partial charge in [-0.05, 0) is 49.4 Å². The van der Waals surface area contributed by atoms with Crippen LogP contribution < -0.4 is 10.1 Å². The average Bonchev–Trinajstić information content (AvgIpc) is 2.48. The van der Waals surface area contributed by atoms with Crippen molar-refractivity contribution < 1.29 is 4.74 Å². The first-order chi connectivity index (χ1) is 10.2. The smallest absolute Gasteiger partial charge is 0.126 e. The quantitative estimate of drug-likeness (QED) is 0.848. The summed E-state index contributed by atoms with van der Waals surface area (Å²) < 4.78 is 5.18. The van der Waals surface area contributed by atoms with E-state index in [1.807, 2.05) is 18.3 Å². The Kier molecular flexibility index (Phi) is 5.58. The molecule has 0 atom stereocenters. The molecule has 0 unspecified atom stereocenters. The number of methoxy groups -OCH3 is 1. The highest BCUT2D eigenvalue weighted by Gasteiger charge is 2.03. The number of rotatable bonds is 7. The zero-order valence-corrected chi connectivity index (χ0v) is 13.0. The van der Waals surface area contributed by atoms with Crippen LogP contribution in [0.15, 0.2) is 42.6 Å². The van der Waals surface area contributed by atoms with Gasteiger partial charge in [0.05, 0.1) is 7.11 Å². The van der Waals surface area contributed by atoms with E-state index in [9.17, 15) is 0 Å². The van der Waals surface area contributed by atoms with Gasteiger partial charge in [-0.2, -0.15) is 0 Å². The fourth-order valence-electron chi connectivity index (χ4n) is 2.26. The molecule has 1 aromatic heterocycles. The van der Waals surface area contributed by atoms with Gasteiger partial charge in [0.25, 0.3) is 0 Å². The lowest BCUT2D eigenvalue weighted by atomic mass is 10.2. The van der Waals surface area contributed by atoms with Crippen LogP contribution in [0.5, 0.6) is 5.75 Å². The van der Waals surface area contributed by atoms with Crippen LogP contribution in [-0.2, 0) is 13.1 Å². The number of anilines is 1. The zero-order valence-electron chi connectivity index (χ0n) is 13.0. The molecule has 2 rings (SSSR count). The Bertz CT molecular complexity index is 554. The maximum Gasteiger partial charge on any atom is 0.126 e. The first kappa shape index (κ1) is 15.3. The molecule has 0 aliphatic heterocycles. The fraction of sp³-hybridized carbons (Fsp3) is 0.353. The van der Waals surface area contributed by atoms with Crippen LogP contribution in [0.3, 0.4) is 0 Å². The van der Waals surface area contributed by atoms with E-state index in [1.165, 1.54) is 11.1 Å². The summed E-state index contributed by atoms with van der Waals surface area (Å²) >= 11 is 0.